The zero-order chi connectivity index (χ0) is 13.9. The summed E-state index contributed by atoms with van der Waals surface area (Å²) in [6.07, 6.45) is 3.46. The SMILES string of the molecule is NCc1ccc(-c2nc(-c3cncc(Br)c3)n[nH]2)cc1. The zero-order valence-corrected chi connectivity index (χ0v) is 12.1. The van der Waals surface area contributed by atoms with Crippen molar-refractivity contribution in [1.29, 1.82) is 0 Å². The van der Waals surface area contributed by atoms with Crippen molar-refractivity contribution in [1.82, 2.24) is 20.2 Å². The number of aromatic amines is 1. The van der Waals surface area contributed by atoms with E-state index in [1.54, 1.807) is 12.4 Å². The van der Waals surface area contributed by atoms with E-state index < -0.39 is 0 Å². The van der Waals surface area contributed by atoms with Gasteiger partial charge in [-0.2, -0.15) is 5.10 Å². The minimum absolute atomic E-state index is 0.533. The van der Waals surface area contributed by atoms with Crippen LogP contribution in [0.2, 0.25) is 0 Å². The van der Waals surface area contributed by atoms with Crippen LogP contribution < -0.4 is 5.73 Å². The molecule has 0 amide bonds. The molecule has 0 radical (unpaired) electrons. The molecule has 2 heterocycles. The van der Waals surface area contributed by atoms with Crippen LogP contribution in [0, 0.1) is 0 Å². The molecule has 100 valence electrons. The van der Waals surface area contributed by atoms with Crippen LogP contribution >= 0.6 is 15.9 Å². The van der Waals surface area contributed by atoms with Gasteiger partial charge in [0.2, 0.25) is 0 Å². The van der Waals surface area contributed by atoms with Crippen molar-refractivity contribution in [2.75, 3.05) is 0 Å². The molecule has 1 aromatic carbocycles. The fourth-order valence-electron chi connectivity index (χ4n) is 1.85. The largest absolute Gasteiger partial charge is 0.326 e. The van der Waals surface area contributed by atoms with Crippen LogP contribution in [0.4, 0.5) is 0 Å². The Kier molecular flexibility index (Phi) is 3.58. The summed E-state index contributed by atoms with van der Waals surface area (Å²) in [6.45, 7) is 0.533. The van der Waals surface area contributed by atoms with E-state index in [0.29, 0.717) is 12.4 Å². The maximum Gasteiger partial charge on any atom is 0.183 e. The topological polar surface area (TPSA) is 80.5 Å². The third-order valence-corrected chi connectivity index (χ3v) is 3.35. The lowest BCUT2D eigenvalue weighted by atomic mass is 10.1. The fourth-order valence-corrected chi connectivity index (χ4v) is 2.22. The van der Waals surface area contributed by atoms with Gasteiger partial charge in [-0.15, -0.1) is 0 Å². The van der Waals surface area contributed by atoms with Crippen molar-refractivity contribution in [3.05, 3.63) is 52.8 Å². The van der Waals surface area contributed by atoms with Gasteiger partial charge in [-0.05, 0) is 27.6 Å². The van der Waals surface area contributed by atoms with Crippen LogP contribution in [0.15, 0.2) is 47.2 Å². The van der Waals surface area contributed by atoms with Gasteiger partial charge in [0, 0.05) is 34.5 Å². The highest BCUT2D eigenvalue weighted by molar-refractivity contribution is 9.10. The fraction of sp³-hybridized carbons (Fsp3) is 0.0714. The molecule has 5 nitrogen and oxygen atoms in total. The normalized spacial score (nSPS) is 10.7. The van der Waals surface area contributed by atoms with E-state index in [-0.39, 0.29) is 0 Å². The van der Waals surface area contributed by atoms with Crippen LogP contribution in [0.3, 0.4) is 0 Å². The smallest absolute Gasteiger partial charge is 0.183 e. The average Bonchev–Trinajstić information content (AvgIpc) is 2.97. The molecule has 0 spiro atoms. The first kappa shape index (κ1) is 13.0. The number of aromatic nitrogens is 4. The Morgan fingerprint density at radius 3 is 2.60 bits per heavy atom. The van der Waals surface area contributed by atoms with E-state index in [2.05, 4.69) is 36.1 Å². The highest BCUT2D eigenvalue weighted by Gasteiger charge is 2.08. The lowest BCUT2D eigenvalue weighted by Crippen LogP contribution is -1.95. The van der Waals surface area contributed by atoms with Gasteiger partial charge in [0.05, 0.1) is 0 Å². The van der Waals surface area contributed by atoms with E-state index in [9.17, 15) is 0 Å². The van der Waals surface area contributed by atoms with Crippen LogP contribution in [-0.2, 0) is 6.54 Å². The van der Waals surface area contributed by atoms with Gasteiger partial charge < -0.3 is 5.73 Å². The molecule has 0 saturated heterocycles. The molecule has 3 rings (SSSR count). The second-order valence-corrected chi connectivity index (χ2v) is 5.22. The Labute approximate surface area is 124 Å². The van der Waals surface area contributed by atoms with Crippen molar-refractivity contribution in [2.24, 2.45) is 5.73 Å². The number of nitrogens with one attached hydrogen (secondary N) is 1. The van der Waals surface area contributed by atoms with E-state index >= 15 is 0 Å². The van der Waals surface area contributed by atoms with Crippen LogP contribution in [0.1, 0.15) is 5.56 Å². The highest BCUT2D eigenvalue weighted by Crippen LogP contribution is 2.21. The van der Waals surface area contributed by atoms with Crippen molar-refractivity contribution in [3.8, 4) is 22.8 Å². The second-order valence-electron chi connectivity index (χ2n) is 4.30. The molecule has 3 N–H and O–H groups in total. The van der Waals surface area contributed by atoms with Crippen molar-refractivity contribution < 1.29 is 0 Å². The number of pyridine rings is 1. The molecule has 0 fully saturated rings. The lowest BCUT2D eigenvalue weighted by Gasteiger charge is -1.98. The molecular weight excluding hydrogens is 318 g/mol. The second kappa shape index (κ2) is 5.52. The summed E-state index contributed by atoms with van der Waals surface area (Å²) >= 11 is 3.39. The third-order valence-electron chi connectivity index (χ3n) is 2.91. The van der Waals surface area contributed by atoms with Gasteiger partial charge in [-0.25, -0.2) is 4.98 Å². The van der Waals surface area contributed by atoms with Crippen molar-refractivity contribution >= 4 is 15.9 Å². The first-order valence-electron chi connectivity index (χ1n) is 6.09. The summed E-state index contributed by atoms with van der Waals surface area (Å²) in [5.41, 5.74) is 8.51. The molecule has 20 heavy (non-hydrogen) atoms. The Hall–Kier alpha value is -2.05. The van der Waals surface area contributed by atoms with Gasteiger partial charge in [-0.3, -0.25) is 10.1 Å². The Balaban J connectivity index is 1.93. The minimum atomic E-state index is 0.533. The highest BCUT2D eigenvalue weighted by atomic mass is 79.9. The van der Waals surface area contributed by atoms with Gasteiger partial charge >= 0.3 is 0 Å². The molecule has 0 aliphatic heterocycles. The van der Waals surface area contributed by atoms with Crippen molar-refractivity contribution in [3.63, 3.8) is 0 Å². The quantitative estimate of drug-likeness (QED) is 0.774. The predicted octanol–water partition coefficient (Wildman–Crippen LogP) is 2.75. The van der Waals surface area contributed by atoms with Gasteiger partial charge in [0.1, 0.15) is 0 Å². The maximum absolute atomic E-state index is 5.59. The predicted molar refractivity (Wildman–Crippen MR) is 80.6 cm³/mol. The van der Waals surface area contributed by atoms with Crippen molar-refractivity contribution in [2.45, 2.75) is 6.54 Å². The number of hydrogen-bond donors (Lipinski definition) is 2. The molecular formula is C14H12BrN5. The van der Waals surface area contributed by atoms with Crippen LogP contribution in [0.5, 0.6) is 0 Å². The molecule has 0 saturated carbocycles. The van der Waals surface area contributed by atoms with E-state index in [1.807, 2.05) is 30.3 Å². The number of nitrogens with two attached hydrogens (primary N) is 1. The Bertz CT molecular complexity index is 720. The summed E-state index contributed by atoms with van der Waals surface area (Å²) in [6, 6.07) is 9.85. The monoisotopic (exact) mass is 329 g/mol. The maximum atomic E-state index is 5.59. The Morgan fingerprint density at radius 1 is 1.10 bits per heavy atom. The lowest BCUT2D eigenvalue weighted by molar-refractivity contribution is 1.07. The molecule has 0 unspecified atom stereocenters. The molecule has 0 atom stereocenters. The number of halogens is 1. The standard InChI is InChI=1S/C14H12BrN5/c15-12-5-11(7-17-8-12)14-18-13(19-20-14)10-3-1-9(6-16)2-4-10/h1-5,7-8H,6,16H2,(H,18,19,20). The van der Waals surface area contributed by atoms with E-state index in [4.69, 9.17) is 5.73 Å². The summed E-state index contributed by atoms with van der Waals surface area (Å²) in [4.78, 5) is 8.60. The molecule has 2 aromatic heterocycles. The Morgan fingerprint density at radius 2 is 1.90 bits per heavy atom. The van der Waals surface area contributed by atoms with Gasteiger partial charge in [-0.1, -0.05) is 24.3 Å². The van der Waals surface area contributed by atoms with Crippen LogP contribution in [0.25, 0.3) is 22.8 Å². The average molecular weight is 330 g/mol. The molecule has 0 aliphatic carbocycles. The summed E-state index contributed by atoms with van der Waals surface area (Å²) < 4.78 is 0.897. The van der Waals surface area contributed by atoms with E-state index in [1.165, 1.54) is 0 Å². The number of H-pyrrole nitrogens is 1. The summed E-state index contributed by atoms with van der Waals surface area (Å²) in [5.74, 6) is 1.35. The number of hydrogen-bond acceptors (Lipinski definition) is 4. The number of rotatable bonds is 3. The minimum Gasteiger partial charge on any atom is -0.326 e. The van der Waals surface area contributed by atoms with Gasteiger partial charge in [0.25, 0.3) is 0 Å². The molecule has 0 aliphatic rings. The first-order valence-corrected chi connectivity index (χ1v) is 6.88. The molecule has 3 aromatic rings. The summed E-state index contributed by atoms with van der Waals surface area (Å²) in [7, 11) is 0. The third kappa shape index (κ3) is 2.61. The molecule has 6 heteroatoms. The number of nitrogens with zero attached hydrogens (tertiary/aromatic N) is 3. The van der Waals surface area contributed by atoms with Crippen LogP contribution in [-0.4, -0.2) is 20.2 Å². The zero-order valence-electron chi connectivity index (χ0n) is 10.5. The van der Waals surface area contributed by atoms with E-state index in [0.717, 1.165) is 27.0 Å². The van der Waals surface area contributed by atoms with Gasteiger partial charge in [0.15, 0.2) is 11.6 Å². The summed E-state index contributed by atoms with van der Waals surface area (Å²) in [5, 5.41) is 7.17. The molecule has 0 bridgehead atoms. The first-order chi connectivity index (χ1) is 9.76. The number of benzene rings is 1.